The maximum atomic E-state index is 5.75. The van der Waals surface area contributed by atoms with Crippen LogP contribution >= 0.6 is 11.3 Å². The summed E-state index contributed by atoms with van der Waals surface area (Å²) in [5, 5.41) is 9.92. The highest BCUT2D eigenvalue weighted by Crippen LogP contribution is 2.22. The van der Waals surface area contributed by atoms with E-state index in [1.807, 2.05) is 43.3 Å². The lowest BCUT2D eigenvalue weighted by molar-refractivity contribution is 0.262. The average molecular weight is 274 g/mol. The minimum atomic E-state index is 0.267. The number of aryl methyl sites for hydroxylation is 1. The van der Waals surface area contributed by atoms with E-state index in [1.54, 1.807) is 11.3 Å². The first-order valence-corrected chi connectivity index (χ1v) is 6.94. The third-order valence-electron chi connectivity index (χ3n) is 2.69. The number of benzene rings is 1. The smallest absolute Gasteiger partial charge is 0.140 e. The van der Waals surface area contributed by atoms with E-state index in [0.29, 0.717) is 6.61 Å². The minimum absolute atomic E-state index is 0.267. The summed E-state index contributed by atoms with van der Waals surface area (Å²) in [4.78, 5) is 0. The summed E-state index contributed by atoms with van der Waals surface area (Å²) in [6.45, 7) is 3.37. The molecule has 1 aromatic heterocycles. The van der Waals surface area contributed by atoms with Crippen molar-refractivity contribution in [2.24, 2.45) is 0 Å². The van der Waals surface area contributed by atoms with Gasteiger partial charge in [-0.3, -0.25) is 0 Å². The van der Waals surface area contributed by atoms with Gasteiger partial charge in [-0.2, -0.15) is 0 Å². The Balaban J connectivity index is 1.73. The highest BCUT2D eigenvalue weighted by molar-refractivity contribution is 7.12. The Bertz CT molecular complexity index is 591. The van der Waals surface area contributed by atoms with Crippen LogP contribution < -0.4 is 4.74 Å². The van der Waals surface area contributed by atoms with Gasteiger partial charge in [0.2, 0.25) is 0 Å². The third-order valence-corrected chi connectivity index (χ3v) is 3.50. The molecule has 4 nitrogen and oxygen atoms in total. The van der Waals surface area contributed by atoms with Gasteiger partial charge in [0.15, 0.2) is 0 Å². The van der Waals surface area contributed by atoms with Gasteiger partial charge in [-0.05, 0) is 25.1 Å². The molecule has 1 aliphatic rings. The predicted molar refractivity (Wildman–Crippen MR) is 75.3 cm³/mol. The molecule has 98 valence electrons. The fourth-order valence-corrected chi connectivity index (χ4v) is 2.24. The molecule has 0 spiro atoms. The molecule has 0 aliphatic carbocycles. The molecule has 3 rings (SSSR count). The summed E-state index contributed by atoms with van der Waals surface area (Å²) in [7, 11) is 0. The van der Waals surface area contributed by atoms with Gasteiger partial charge in [0.1, 0.15) is 28.5 Å². The van der Waals surface area contributed by atoms with Crippen molar-refractivity contribution in [2.75, 3.05) is 13.2 Å². The first-order valence-electron chi connectivity index (χ1n) is 6.13. The van der Waals surface area contributed by atoms with E-state index < -0.39 is 0 Å². The first-order chi connectivity index (χ1) is 9.31. The predicted octanol–water partition coefficient (Wildman–Crippen LogP) is 2.79. The number of nitrogens with zero attached hydrogens (tertiary/aromatic N) is 2. The second-order valence-electron chi connectivity index (χ2n) is 4.30. The lowest BCUT2D eigenvalue weighted by Crippen LogP contribution is -2.04. The number of aromatic nitrogens is 2. The monoisotopic (exact) mass is 274 g/mol. The van der Waals surface area contributed by atoms with E-state index in [1.165, 1.54) is 0 Å². The van der Waals surface area contributed by atoms with Gasteiger partial charge < -0.3 is 9.47 Å². The van der Waals surface area contributed by atoms with Gasteiger partial charge in [0.25, 0.3) is 0 Å². The van der Waals surface area contributed by atoms with E-state index in [9.17, 15) is 0 Å². The molecule has 0 N–H and O–H groups in total. The highest BCUT2D eigenvalue weighted by atomic mass is 32.1. The molecular weight excluding hydrogens is 260 g/mol. The molecule has 19 heavy (non-hydrogen) atoms. The van der Waals surface area contributed by atoms with Crippen molar-refractivity contribution in [3.8, 4) is 5.75 Å². The second-order valence-corrected chi connectivity index (χ2v) is 5.51. The van der Waals surface area contributed by atoms with Crippen molar-refractivity contribution >= 4 is 23.5 Å². The van der Waals surface area contributed by atoms with Crippen molar-refractivity contribution in [1.29, 1.82) is 0 Å². The molecule has 2 heterocycles. The van der Waals surface area contributed by atoms with E-state index in [2.05, 4.69) is 10.2 Å². The van der Waals surface area contributed by atoms with Gasteiger partial charge >= 0.3 is 0 Å². The van der Waals surface area contributed by atoms with E-state index >= 15 is 0 Å². The van der Waals surface area contributed by atoms with Crippen LogP contribution in [0.15, 0.2) is 24.3 Å². The molecule has 1 unspecified atom stereocenters. The molecule has 0 saturated carbocycles. The average Bonchev–Trinajstić information content (AvgIpc) is 3.17. The van der Waals surface area contributed by atoms with Gasteiger partial charge in [-0.1, -0.05) is 29.5 Å². The summed E-state index contributed by atoms with van der Waals surface area (Å²) < 4.78 is 10.9. The van der Waals surface area contributed by atoms with Crippen LogP contribution in [0.5, 0.6) is 5.75 Å². The summed E-state index contributed by atoms with van der Waals surface area (Å²) in [6, 6.07) is 7.95. The van der Waals surface area contributed by atoms with Crippen LogP contribution in [0.4, 0.5) is 0 Å². The summed E-state index contributed by atoms with van der Waals surface area (Å²) >= 11 is 1.57. The number of hydrogen-bond acceptors (Lipinski definition) is 5. The Morgan fingerprint density at radius 2 is 2.21 bits per heavy atom. The molecule has 5 heteroatoms. The van der Waals surface area contributed by atoms with Gasteiger partial charge in [-0.25, -0.2) is 0 Å². The van der Waals surface area contributed by atoms with Gasteiger partial charge in [0, 0.05) is 5.56 Å². The van der Waals surface area contributed by atoms with Crippen molar-refractivity contribution in [3.05, 3.63) is 39.8 Å². The molecular formula is C14H14N2O2S. The number of hydrogen-bond donors (Lipinski definition) is 0. The Hall–Kier alpha value is -1.72. The van der Waals surface area contributed by atoms with Crippen molar-refractivity contribution < 1.29 is 9.47 Å². The zero-order valence-electron chi connectivity index (χ0n) is 10.6. The van der Waals surface area contributed by atoms with Crippen molar-refractivity contribution in [1.82, 2.24) is 10.2 Å². The summed E-state index contributed by atoms with van der Waals surface area (Å²) in [6.07, 6.45) is 4.23. The summed E-state index contributed by atoms with van der Waals surface area (Å²) in [5.74, 6) is 0.871. The van der Waals surface area contributed by atoms with E-state index in [-0.39, 0.29) is 6.10 Å². The molecule has 0 amide bonds. The molecule has 0 bridgehead atoms. The Morgan fingerprint density at radius 1 is 1.37 bits per heavy atom. The fourth-order valence-electron chi connectivity index (χ4n) is 1.64. The van der Waals surface area contributed by atoms with Crippen LogP contribution in [0.2, 0.25) is 0 Å². The van der Waals surface area contributed by atoms with Crippen molar-refractivity contribution in [2.45, 2.75) is 13.0 Å². The van der Waals surface area contributed by atoms with Gasteiger partial charge in [-0.15, -0.1) is 10.2 Å². The molecule has 1 fully saturated rings. The third kappa shape index (κ3) is 3.39. The molecule has 0 radical (unpaired) electrons. The van der Waals surface area contributed by atoms with Crippen LogP contribution in [0.25, 0.3) is 12.2 Å². The zero-order chi connectivity index (χ0) is 13.1. The molecule has 1 saturated heterocycles. The Labute approximate surface area is 115 Å². The maximum Gasteiger partial charge on any atom is 0.140 e. The number of ether oxygens (including phenoxy) is 2. The highest BCUT2D eigenvalue weighted by Gasteiger charge is 2.23. The van der Waals surface area contributed by atoms with Crippen LogP contribution in [-0.2, 0) is 4.74 Å². The van der Waals surface area contributed by atoms with E-state index in [4.69, 9.17) is 9.47 Å². The molecule has 1 aliphatic heterocycles. The molecule has 1 aromatic carbocycles. The molecule has 1 atom stereocenters. The Kier molecular flexibility index (Phi) is 3.57. The second kappa shape index (κ2) is 5.50. The van der Waals surface area contributed by atoms with E-state index in [0.717, 1.165) is 27.9 Å². The lowest BCUT2D eigenvalue weighted by atomic mass is 10.2. The quantitative estimate of drug-likeness (QED) is 0.787. The van der Waals surface area contributed by atoms with Crippen LogP contribution in [0, 0.1) is 6.92 Å². The lowest BCUT2D eigenvalue weighted by Gasteiger charge is -2.07. The molecule has 2 aromatic rings. The fraction of sp³-hybridized carbons (Fsp3) is 0.286. The summed E-state index contributed by atoms with van der Waals surface area (Å²) in [5.41, 5.74) is 1.04. The van der Waals surface area contributed by atoms with Crippen LogP contribution in [0.1, 0.15) is 15.6 Å². The minimum Gasteiger partial charge on any atom is -0.490 e. The number of epoxide rings is 1. The van der Waals surface area contributed by atoms with Crippen LogP contribution in [0.3, 0.4) is 0 Å². The normalized spacial score (nSPS) is 17.8. The first kappa shape index (κ1) is 12.3. The topological polar surface area (TPSA) is 47.5 Å². The van der Waals surface area contributed by atoms with Crippen LogP contribution in [-0.4, -0.2) is 29.5 Å². The SMILES string of the molecule is Cc1nnc(/C=C/c2ccccc2OCC2CO2)s1. The zero-order valence-corrected chi connectivity index (χ0v) is 11.4. The van der Waals surface area contributed by atoms with Crippen molar-refractivity contribution in [3.63, 3.8) is 0 Å². The largest absolute Gasteiger partial charge is 0.490 e. The number of rotatable bonds is 5. The maximum absolute atomic E-state index is 5.75. The Morgan fingerprint density at radius 3 is 2.95 bits per heavy atom. The number of para-hydroxylation sites is 1. The standard InChI is InChI=1S/C14H14N2O2S/c1-10-15-16-14(19-10)7-6-11-4-2-3-5-13(11)18-9-12-8-17-12/h2-7,12H,8-9H2,1H3/b7-6+. The van der Waals surface area contributed by atoms with Gasteiger partial charge in [0.05, 0.1) is 6.61 Å².